The maximum atomic E-state index is 12.4. The van der Waals surface area contributed by atoms with Crippen molar-refractivity contribution in [1.29, 1.82) is 0 Å². The number of nitrogens with zero attached hydrogens (tertiary/aromatic N) is 2. The molecule has 108 valence electrons. The third kappa shape index (κ3) is 2.80. The first-order valence-corrected chi connectivity index (χ1v) is 6.05. The second kappa shape index (κ2) is 5.74. The summed E-state index contributed by atoms with van der Waals surface area (Å²) in [6, 6.07) is 2.26. The molecule has 1 aliphatic heterocycles. The molecule has 20 heavy (non-hydrogen) atoms. The van der Waals surface area contributed by atoms with Crippen LogP contribution in [0, 0.1) is 0 Å². The fourth-order valence-electron chi connectivity index (χ4n) is 2.12. The Morgan fingerprint density at radius 3 is 2.85 bits per heavy atom. The van der Waals surface area contributed by atoms with Crippen molar-refractivity contribution in [1.82, 2.24) is 9.47 Å². The van der Waals surface area contributed by atoms with E-state index in [1.165, 1.54) is 21.7 Å². The van der Waals surface area contributed by atoms with Gasteiger partial charge in [0.15, 0.2) is 0 Å². The first kappa shape index (κ1) is 14.1. The molecule has 2 heterocycles. The van der Waals surface area contributed by atoms with Gasteiger partial charge in [0.1, 0.15) is 18.3 Å². The lowest BCUT2D eigenvalue weighted by Crippen LogP contribution is -2.55. The molecule has 2 amide bonds. The minimum absolute atomic E-state index is 0.0563. The molecule has 1 aliphatic rings. The van der Waals surface area contributed by atoms with Crippen LogP contribution in [0.15, 0.2) is 18.3 Å². The van der Waals surface area contributed by atoms with Crippen LogP contribution in [0.4, 0.5) is 0 Å². The number of rotatable bonds is 4. The number of ether oxygens (including phenoxy) is 1. The average Bonchev–Trinajstić information content (AvgIpc) is 2.85. The van der Waals surface area contributed by atoms with Gasteiger partial charge in [0.05, 0.1) is 13.2 Å². The molecule has 2 rings (SSSR count). The smallest absolute Gasteiger partial charge is 0.323 e. The Labute approximate surface area is 114 Å². The monoisotopic (exact) mass is 281 g/mol. The first-order valence-electron chi connectivity index (χ1n) is 6.05. The SMILES string of the molecule is NC(=O)C1COCCN1C(=O)c1cccn1CC(=O)O. The Balaban J connectivity index is 2.23. The number of primary amides is 1. The van der Waals surface area contributed by atoms with Crippen molar-refractivity contribution in [2.75, 3.05) is 19.8 Å². The largest absolute Gasteiger partial charge is 0.480 e. The zero-order valence-corrected chi connectivity index (χ0v) is 10.7. The third-order valence-electron chi connectivity index (χ3n) is 3.07. The molecule has 0 radical (unpaired) electrons. The van der Waals surface area contributed by atoms with Crippen molar-refractivity contribution >= 4 is 17.8 Å². The van der Waals surface area contributed by atoms with E-state index in [-0.39, 0.29) is 25.4 Å². The zero-order valence-electron chi connectivity index (χ0n) is 10.7. The summed E-state index contributed by atoms with van der Waals surface area (Å²) < 4.78 is 6.46. The van der Waals surface area contributed by atoms with Crippen LogP contribution in [0.1, 0.15) is 10.5 Å². The summed E-state index contributed by atoms with van der Waals surface area (Å²) in [4.78, 5) is 35.8. The van der Waals surface area contributed by atoms with Gasteiger partial charge in [0.2, 0.25) is 5.91 Å². The fraction of sp³-hybridized carbons (Fsp3) is 0.417. The van der Waals surface area contributed by atoms with Gasteiger partial charge in [-0.25, -0.2) is 0 Å². The van der Waals surface area contributed by atoms with E-state index in [4.69, 9.17) is 15.6 Å². The normalized spacial score (nSPS) is 18.8. The summed E-state index contributed by atoms with van der Waals surface area (Å²) in [5.74, 6) is -2.12. The average molecular weight is 281 g/mol. The molecule has 0 aromatic carbocycles. The van der Waals surface area contributed by atoms with Gasteiger partial charge in [0, 0.05) is 12.7 Å². The number of hydrogen-bond acceptors (Lipinski definition) is 4. The van der Waals surface area contributed by atoms with Crippen molar-refractivity contribution in [3.8, 4) is 0 Å². The minimum Gasteiger partial charge on any atom is -0.480 e. The Morgan fingerprint density at radius 1 is 1.45 bits per heavy atom. The molecule has 8 heteroatoms. The molecule has 1 atom stereocenters. The van der Waals surface area contributed by atoms with E-state index in [0.717, 1.165) is 0 Å². The maximum absolute atomic E-state index is 12.4. The molecule has 1 unspecified atom stereocenters. The van der Waals surface area contributed by atoms with Gasteiger partial charge >= 0.3 is 5.97 Å². The van der Waals surface area contributed by atoms with Crippen LogP contribution in [0.5, 0.6) is 0 Å². The Bertz CT molecular complexity index is 539. The molecule has 0 bridgehead atoms. The highest BCUT2D eigenvalue weighted by Gasteiger charge is 2.33. The summed E-state index contributed by atoms with van der Waals surface area (Å²) in [6.07, 6.45) is 1.50. The van der Waals surface area contributed by atoms with Gasteiger partial charge in [0.25, 0.3) is 5.91 Å². The van der Waals surface area contributed by atoms with E-state index in [0.29, 0.717) is 6.61 Å². The van der Waals surface area contributed by atoms with Crippen LogP contribution < -0.4 is 5.73 Å². The number of hydrogen-bond donors (Lipinski definition) is 2. The van der Waals surface area contributed by atoms with E-state index < -0.39 is 23.8 Å². The fourth-order valence-corrected chi connectivity index (χ4v) is 2.12. The second-order valence-electron chi connectivity index (χ2n) is 4.41. The lowest BCUT2D eigenvalue weighted by atomic mass is 10.2. The van der Waals surface area contributed by atoms with Crippen LogP contribution in [0.25, 0.3) is 0 Å². The van der Waals surface area contributed by atoms with Crippen LogP contribution in [-0.4, -0.2) is 58.2 Å². The lowest BCUT2D eigenvalue weighted by Gasteiger charge is -2.33. The summed E-state index contributed by atoms with van der Waals surface area (Å²) in [6.45, 7) is 0.292. The molecule has 0 spiro atoms. The van der Waals surface area contributed by atoms with Crippen molar-refractivity contribution in [3.05, 3.63) is 24.0 Å². The number of carbonyl (C=O) groups is 3. The molecule has 0 aliphatic carbocycles. The third-order valence-corrected chi connectivity index (χ3v) is 3.07. The van der Waals surface area contributed by atoms with E-state index in [9.17, 15) is 14.4 Å². The first-order chi connectivity index (χ1) is 9.50. The van der Waals surface area contributed by atoms with E-state index in [2.05, 4.69) is 0 Å². The highest BCUT2D eigenvalue weighted by molar-refractivity contribution is 5.96. The van der Waals surface area contributed by atoms with E-state index in [1.807, 2.05) is 0 Å². The molecule has 0 saturated carbocycles. The molecule has 1 saturated heterocycles. The Hall–Kier alpha value is -2.35. The quantitative estimate of drug-likeness (QED) is 0.727. The van der Waals surface area contributed by atoms with Gasteiger partial charge in [-0.1, -0.05) is 0 Å². The molecule has 1 aromatic rings. The van der Waals surface area contributed by atoms with Gasteiger partial charge in [-0.15, -0.1) is 0 Å². The predicted octanol–water partition coefficient (Wildman–Crippen LogP) is -1.10. The predicted molar refractivity (Wildman–Crippen MR) is 66.9 cm³/mol. The van der Waals surface area contributed by atoms with E-state index >= 15 is 0 Å². The lowest BCUT2D eigenvalue weighted by molar-refractivity contribution is -0.137. The second-order valence-corrected chi connectivity index (χ2v) is 4.41. The van der Waals surface area contributed by atoms with Gasteiger partial charge in [-0.05, 0) is 12.1 Å². The number of nitrogens with two attached hydrogens (primary N) is 1. The number of amides is 2. The van der Waals surface area contributed by atoms with Crippen LogP contribution in [0.2, 0.25) is 0 Å². The van der Waals surface area contributed by atoms with Crippen molar-refractivity contribution < 1.29 is 24.2 Å². The molecular weight excluding hydrogens is 266 g/mol. The number of carboxylic acid groups (broad SMARTS) is 1. The number of carbonyl (C=O) groups excluding carboxylic acids is 2. The highest BCUT2D eigenvalue weighted by atomic mass is 16.5. The van der Waals surface area contributed by atoms with Crippen molar-refractivity contribution in [3.63, 3.8) is 0 Å². The molecule has 8 nitrogen and oxygen atoms in total. The Kier molecular flexibility index (Phi) is 4.04. The molecular formula is C12H15N3O5. The number of aromatic nitrogens is 1. The topological polar surface area (TPSA) is 115 Å². The van der Waals surface area contributed by atoms with Crippen molar-refractivity contribution in [2.45, 2.75) is 12.6 Å². The van der Waals surface area contributed by atoms with Gasteiger partial charge in [-0.2, -0.15) is 0 Å². The molecule has 1 aromatic heterocycles. The van der Waals surface area contributed by atoms with Crippen LogP contribution in [0.3, 0.4) is 0 Å². The van der Waals surface area contributed by atoms with Crippen LogP contribution in [-0.2, 0) is 20.9 Å². The van der Waals surface area contributed by atoms with E-state index in [1.54, 1.807) is 6.07 Å². The van der Waals surface area contributed by atoms with Crippen molar-refractivity contribution in [2.24, 2.45) is 5.73 Å². The highest BCUT2D eigenvalue weighted by Crippen LogP contribution is 2.13. The summed E-state index contributed by atoms with van der Waals surface area (Å²) >= 11 is 0. The zero-order chi connectivity index (χ0) is 14.7. The maximum Gasteiger partial charge on any atom is 0.323 e. The molecule has 1 fully saturated rings. The standard InChI is InChI=1S/C12H15N3O5/c13-11(18)9-7-20-5-4-15(9)12(19)8-2-1-3-14(8)6-10(16)17/h1-3,9H,4-7H2,(H2,13,18)(H,16,17). The summed E-state index contributed by atoms with van der Waals surface area (Å²) in [5.41, 5.74) is 5.46. The Morgan fingerprint density at radius 2 is 2.20 bits per heavy atom. The number of morpholine rings is 1. The van der Waals surface area contributed by atoms with Crippen LogP contribution >= 0.6 is 0 Å². The molecule has 3 N–H and O–H groups in total. The minimum atomic E-state index is -1.05. The number of carboxylic acids is 1. The van der Waals surface area contributed by atoms with Gasteiger partial charge in [-0.3, -0.25) is 14.4 Å². The van der Waals surface area contributed by atoms with Gasteiger partial charge < -0.3 is 25.0 Å². The summed E-state index contributed by atoms with van der Waals surface area (Å²) in [7, 11) is 0. The summed E-state index contributed by atoms with van der Waals surface area (Å²) in [5, 5.41) is 8.80. The number of aliphatic carboxylic acids is 1.